The molecule has 0 radical (unpaired) electrons. The molecule has 2 fully saturated rings. The van der Waals surface area contributed by atoms with Gasteiger partial charge in [0.15, 0.2) is 0 Å². The maximum atomic E-state index is 13.0. The number of likely N-dealkylation sites (tertiary alicyclic amines) is 1. The van der Waals surface area contributed by atoms with Crippen molar-refractivity contribution in [1.82, 2.24) is 4.90 Å². The molecule has 5 heteroatoms. The first-order valence-electron chi connectivity index (χ1n) is 7.95. The van der Waals surface area contributed by atoms with E-state index < -0.39 is 11.7 Å². The first-order valence-corrected chi connectivity index (χ1v) is 8.33. The van der Waals surface area contributed by atoms with Crippen LogP contribution in [0.25, 0.3) is 0 Å². The number of benzene rings is 1. The van der Waals surface area contributed by atoms with Gasteiger partial charge in [-0.3, -0.25) is 4.90 Å². The summed E-state index contributed by atoms with van der Waals surface area (Å²) in [7, 11) is 0. The molecule has 1 aliphatic carbocycles. The van der Waals surface area contributed by atoms with Gasteiger partial charge in [0.2, 0.25) is 0 Å². The molecule has 0 spiro atoms. The molecule has 1 saturated heterocycles. The van der Waals surface area contributed by atoms with Gasteiger partial charge in [-0.05, 0) is 49.8 Å². The molecule has 2 aliphatic rings. The van der Waals surface area contributed by atoms with E-state index in [0.29, 0.717) is 17.9 Å². The Hall–Kier alpha value is -0.740. The van der Waals surface area contributed by atoms with E-state index in [1.165, 1.54) is 12.5 Å². The summed E-state index contributed by atoms with van der Waals surface area (Å²) in [5.41, 5.74) is -0.0695. The number of likely N-dealkylation sites (N-methyl/N-ethyl adjacent to an activating group) is 1. The molecule has 2 atom stereocenters. The summed E-state index contributed by atoms with van der Waals surface area (Å²) in [4.78, 5) is 2.46. The number of nitrogens with zero attached hydrogens (tertiary/aromatic N) is 1. The van der Waals surface area contributed by atoms with Crippen LogP contribution in [0.4, 0.5) is 13.2 Å². The minimum atomic E-state index is -4.39. The number of halogens is 4. The van der Waals surface area contributed by atoms with Crippen LogP contribution in [0.3, 0.4) is 0 Å². The van der Waals surface area contributed by atoms with Gasteiger partial charge in [0, 0.05) is 12.1 Å². The second-order valence-electron chi connectivity index (χ2n) is 6.68. The highest BCUT2D eigenvalue weighted by Crippen LogP contribution is 2.47. The van der Waals surface area contributed by atoms with E-state index in [1.807, 2.05) is 0 Å². The van der Waals surface area contributed by atoms with Crippen molar-refractivity contribution in [2.24, 2.45) is 5.92 Å². The zero-order valence-corrected chi connectivity index (χ0v) is 13.5. The Morgan fingerprint density at radius 1 is 1.36 bits per heavy atom. The van der Waals surface area contributed by atoms with Crippen molar-refractivity contribution in [2.45, 2.75) is 50.7 Å². The highest BCUT2D eigenvalue weighted by atomic mass is 35.5. The molecule has 1 aromatic rings. The van der Waals surface area contributed by atoms with Crippen molar-refractivity contribution in [1.29, 1.82) is 0 Å². The molecule has 0 N–H and O–H groups in total. The molecule has 1 aliphatic heterocycles. The lowest BCUT2D eigenvalue weighted by Crippen LogP contribution is -2.45. The highest BCUT2D eigenvalue weighted by Gasteiger charge is 2.47. The van der Waals surface area contributed by atoms with Crippen LogP contribution in [0.2, 0.25) is 5.02 Å². The van der Waals surface area contributed by atoms with Gasteiger partial charge >= 0.3 is 6.18 Å². The van der Waals surface area contributed by atoms with Crippen LogP contribution in [-0.2, 0) is 12.6 Å². The molecule has 3 rings (SSSR count). The van der Waals surface area contributed by atoms with Crippen LogP contribution in [-0.4, -0.2) is 23.5 Å². The fourth-order valence-electron chi connectivity index (χ4n) is 4.44. The number of hydrogen-bond donors (Lipinski definition) is 0. The molecule has 2 bridgehead atoms. The van der Waals surface area contributed by atoms with E-state index in [0.717, 1.165) is 38.4 Å². The molecule has 1 aromatic carbocycles. The molecule has 0 aromatic heterocycles. The summed E-state index contributed by atoms with van der Waals surface area (Å²) in [6.07, 6.45) is 0.795. The minimum absolute atomic E-state index is 0.00548. The van der Waals surface area contributed by atoms with Crippen LogP contribution >= 0.6 is 11.6 Å². The molecule has 2 unspecified atom stereocenters. The molecule has 22 heavy (non-hydrogen) atoms. The van der Waals surface area contributed by atoms with Crippen molar-refractivity contribution in [3.63, 3.8) is 0 Å². The fourth-order valence-corrected chi connectivity index (χ4v) is 4.74. The molecule has 1 heterocycles. The van der Waals surface area contributed by atoms with Gasteiger partial charge in [-0.25, -0.2) is 0 Å². The van der Waals surface area contributed by atoms with Crippen molar-refractivity contribution < 1.29 is 13.2 Å². The Kier molecular flexibility index (Phi) is 4.19. The summed E-state index contributed by atoms with van der Waals surface area (Å²) in [5, 5.41) is -0.116. The highest BCUT2D eigenvalue weighted by molar-refractivity contribution is 6.32. The van der Waals surface area contributed by atoms with Gasteiger partial charge in [-0.15, -0.1) is 0 Å². The molecule has 1 saturated carbocycles. The van der Waals surface area contributed by atoms with Gasteiger partial charge < -0.3 is 0 Å². The first-order chi connectivity index (χ1) is 10.4. The third-order valence-corrected chi connectivity index (χ3v) is 5.80. The van der Waals surface area contributed by atoms with E-state index >= 15 is 0 Å². The van der Waals surface area contributed by atoms with E-state index in [4.69, 9.17) is 11.6 Å². The Morgan fingerprint density at radius 3 is 2.82 bits per heavy atom. The summed E-state index contributed by atoms with van der Waals surface area (Å²) in [5.74, 6) is 0.693. The van der Waals surface area contributed by atoms with Gasteiger partial charge in [0.05, 0.1) is 10.6 Å². The van der Waals surface area contributed by atoms with Crippen molar-refractivity contribution in [2.75, 3.05) is 13.1 Å². The van der Waals surface area contributed by atoms with Crippen molar-refractivity contribution >= 4 is 11.6 Å². The lowest BCUT2D eigenvalue weighted by atomic mass is 9.76. The SMILES string of the molecule is CCN1CC2CCCC1(Cc1cccc(C(F)(F)F)c1Cl)C2. The van der Waals surface area contributed by atoms with Gasteiger partial charge in [0.1, 0.15) is 0 Å². The molecule has 122 valence electrons. The maximum absolute atomic E-state index is 13.0. The predicted molar refractivity (Wildman–Crippen MR) is 82.1 cm³/mol. The summed E-state index contributed by atoms with van der Waals surface area (Å²) in [6.45, 7) is 4.16. The fraction of sp³-hybridized carbons (Fsp3) is 0.647. The Labute approximate surface area is 134 Å². The second kappa shape index (κ2) is 5.72. The standard InChI is InChI=1S/C17H21ClF3N/c1-2-22-11-12-5-4-8-16(22,9-12)10-13-6-3-7-14(15(13)18)17(19,20)21/h3,6-7,12H,2,4-5,8-11H2,1H3. The molecular weight excluding hydrogens is 311 g/mol. The lowest BCUT2D eigenvalue weighted by molar-refractivity contribution is -0.137. The smallest absolute Gasteiger partial charge is 0.297 e. The minimum Gasteiger partial charge on any atom is -0.297 e. The van der Waals surface area contributed by atoms with E-state index in [-0.39, 0.29) is 10.6 Å². The number of fused-ring (bicyclic) bond motifs is 2. The van der Waals surface area contributed by atoms with E-state index in [2.05, 4.69) is 11.8 Å². The topological polar surface area (TPSA) is 3.24 Å². The van der Waals surface area contributed by atoms with E-state index in [9.17, 15) is 13.2 Å². The number of hydrogen-bond acceptors (Lipinski definition) is 1. The van der Waals surface area contributed by atoms with Gasteiger partial charge in [-0.2, -0.15) is 13.2 Å². The van der Waals surface area contributed by atoms with Crippen LogP contribution < -0.4 is 0 Å². The zero-order valence-electron chi connectivity index (χ0n) is 12.7. The second-order valence-corrected chi connectivity index (χ2v) is 7.06. The molecular formula is C17H21ClF3N. The molecule has 1 nitrogen and oxygen atoms in total. The van der Waals surface area contributed by atoms with Crippen LogP contribution in [0.1, 0.15) is 43.7 Å². The normalized spacial score (nSPS) is 29.0. The van der Waals surface area contributed by atoms with Crippen LogP contribution in [0.5, 0.6) is 0 Å². The summed E-state index contributed by atoms with van der Waals surface area (Å²) >= 11 is 6.10. The van der Waals surface area contributed by atoms with E-state index in [1.54, 1.807) is 6.07 Å². The number of alkyl halides is 3. The van der Waals surface area contributed by atoms with Gasteiger partial charge in [-0.1, -0.05) is 37.1 Å². The quantitative estimate of drug-likeness (QED) is 0.739. The monoisotopic (exact) mass is 331 g/mol. The van der Waals surface area contributed by atoms with Crippen molar-refractivity contribution in [3.05, 3.63) is 34.3 Å². The Bertz CT molecular complexity index is 557. The Balaban J connectivity index is 1.93. The zero-order chi connectivity index (χ0) is 16.0. The Morgan fingerprint density at radius 2 is 2.14 bits per heavy atom. The summed E-state index contributed by atoms with van der Waals surface area (Å²) in [6, 6.07) is 4.30. The predicted octanol–water partition coefficient (Wildman–Crippen LogP) is 5.17. The van der Waals surface area contributed by atoms with Crippen molar-refractivity contribution in [3.8, 4) is 0 Å². The largest absolute Gasteiger partial charge is 0.417 e. The van der Waals surface area contributed by atoms with Crippen LogP contribution in [0.15, 0.2) is 18.2 Å². The summed E-state index contributed by atoms with van der Waals surface area (Å²) < 4.78 is 39.1. The van der Waals surface area contributed by atoms with Gasteiger partial charge in [0.25, 0.3) is 0 Å². The first kappa shape index (κ1) is 16.1. The molecule has 0 amide bonds. The number of rotatable bonds is 3. The third-order valence-electron chi connectivity index (χ3n) is 5.36. The van der Waals surface area contributed by atoms with Crippen LogP contribution in [0, 0.1) is 5.92 Å². The third kappa shape index (κ3) is 2.76. The lowest BCUT2D eigenvalue weighted by Gasteiger charge is -2.40. The average molecular weight is 332 g/mol. The maximum Gasteiger partial charge on any atom is 0.417 e. The average Bonchev–Trinajstić information content (AvgIpc) is 2.70.